The van der Waals surface area contributed by atoms with E-state index in [1.54, 1.807) is 6.08 Å². The van der Waals surface area contributed by atoms with Gasteiger partial charge < -0.3 is 10.4 Å². The summed E-state index contributed by atoms with van der Waals surface area (Å²) in [6.45, 7) is 4.53. The normalized spacial score (nSPS) is 13.3. The molecule has 0 spiro atoms. The lowest BCUT2D eigenvalue weighted by molar-refractivity contribution is -0.122. The van der Waals surface area contributed by atoms with Crippen LogP contribution in [0.3, 0.4) is 0 Å². The molecule has 298 valence electrons. The number of aliphatic hydroxyl groups is 1. The monoisotopic (exact) mass is 728 g/mol. The molecule has 0 aromatic carbocycles. The summed E-state index contributed by atoms with van der Waals surface area (Å²) in [5.41, 5.74) is 0. The number of aliphatic hydroxyl groups excluding tert-OH is 1. The van der Waals surface area contributed by atoms with Gasteiger partial charge in [-0.3, -0.25) is 9.35 Å². The van der Waals surface area contributed by atoms with E-state index in [2.05, 4.69) is 19.2 Å². The zero-order valence-corrected chi connectivity index (χ0v) is 34.1. The van der Waals surface area contributed by atoms with E-state index in [9.17, 15) is 22.9 Å². The number of allylic oxidation sites excluding steroid dienone is 1. The van der Waals surface area contributed by atoms with Crippen molar-refractivity contribution in [2.75, 3.05) is 5.75 Å². The molecule has 0 aromatic heterocycles. The van der Waals surface area contributed by atoms with Crippen LogP contribution in [0.2, 0.25) is 0 Å². The van der Waals surface area contributed by atoms with Crippen LogP contribution >= 0.6 is 0 Å². The number of unbranched alkanes of at least 4 members (excludes halogenated alkanes) is 32. The van der Waals surface area contributed by atoms with Gasteiger partial charge in [0.2, 0.25) is 5.91 Å². The standard InChI is InChI=1S/C43H85NO5S/c1-3-5-7-9-11-13-15-17-19-20-21-22-23-24-25-27-29-31-33-35-37-39-43(46)44-41(40-50(47,48)49)42(45)38-36-34-32-30-28-26-18-16-14-12-10-8-6-4-2/h36,38,41-42,45H,3-35,37,39-40H2,1-2H3,(H,44,46)(H,47,48,49)/b38-36+. The van der Waals surface area contributed by atoms with E-state index in [0.29, 0.717) is 6.42 Å². The topological polar surface area (TPSA) is 104 Å². The van der Waals surface area contributed by atoms with E-state index in [0.717, 1.165) is 38.5 Å². The largest absolute Gasteiger partial charge is 0.387 e. The van der Waals surface area contributed by atoms with Gasteiger partial charge in [0, 0.05) is 6.42 Å². The molecular weight excluding hydrogens is 643 g/mol. The van der Waals surface area contributed by atoms with E-state index in [1.807, 2.05) is 6.08 Å². The van der Waals surface area contributed by atoms with Gasteiger partial charge in [-0.05, 0) is 19.3 Å². The van der Waals surface area contributed by atoms with Crippen LogP contribution < -0.4 is 5.32 Å². The van der Waals surface area contributed by atoms with Gasteiger partial charge in [-0.1, -0.05) is 225 Å². The van der Waals surface area contributed by atoms with Crippen molar-refractivity contribution in [1.29, 1.82) is 0 Å². The molecule has 0 rings (SSSR count). The van der Waals surface area contributed by atoms with Crippen LogP contribution in [0.4, 0.5) is 0 Å². The Bertz CT molecular complexity index is 846. The van der Waals surface area contributed by atoms with Crippen LogP contribution in [0.15, 0.2) is 12.2 Å². The average molecular weight is 728 g/mol. The van der Waals surface area contributed by atoms with Crippen LogP contribution in [0.1, 0.15) is 239 Å². The molecule has 0 saturated carbocycles. The maximum absolute atomic E-state index is 12.5. The number of hydrogen-bond acceptors (Lipinski definition) is 4. The average Bonchev–Trinajstić information content (AvgIpc) is 3.08. The van der Waals surface area contributed by atoms with Crippen LogP contribution in [-0.2, 0) is 14.9 Å². The smallest absolute Gasteiger partial charge is 0.267 e. The molecule has 7 heteroatoms. The van der Waals surface area contributed by atoms with E-state index < -0.39 is 28.0 Å². The lowest BCUT2D eigenvalue weighted by atomic mass is 10.0. The first kappa shape index (κ1) is 49.1. The number of carbonyl (C=O) groups is 1. The lowest BCUT2D eigenvalue weighted by Crippen LogP contribution is -2.46. The fraction of sp³-hybridized carbons (Fsp3) is 0.930. The highest BCUT2D eigenvalue weighted by atomic mass is 32.2. The molecule has 0 aliphatic heterocycles. The summed E-state index contributed by atoms with van der Waals surface area (Å²) in [6, 6.07) is -1.05. The molecule has 0 aliphatic rings. The van der Waals surface area contributed by atoms with Crippen molar-refractivity contribution in [3.05, 3.63) is 12.2 Å². The fourth-order valence-corrected chi connectivity index (χ4v) is 7.66. The van der Waals surface area contributed by atoms with Crippen molar-refractivity contribution in [3.8, 4) is 0 Å². The first-order valence-corrected chi connectivity index (χ1v) is 23.5. The molecule has 6 nitrogen and oxygen atoms in total. The number of carbonyl (C=O) groups excluding carboxylic acids is 1. The summed E-state index contributed by atoms with van der Waals surface area (Å²) in [4.78, 5) is 12.5. The minimum atomic E-state index is -4.34. The van der Waals surface area contributed by atoms with Crippen molar-refractivity contribution in [3.63, 3.8) is 0 Å². The molecule has 0 bridgehead atoms. The minimum absolute atomic E-state index is 0.273. The maximum atomic E-state index is 12.5. The van der Waals surface area contributed by atoms with Crippen LogP contribution in [0, 0.1) is 0 Å². The van der Waals surface area contributed by atoms with Gasteiger partial charge in [-0.25, -0.2) is 0 Å². The lowest BCUT2D eigenvalue weighted by Gasteiger charge is -2.21. The third-order valence-electron chi connectivity index (χ3n) is 10.2. The van der Waals surface area contributed by atoms with Crippen molar-refractivity contribution in [2.24, 2.45) is 0 Å². The minimum Gasteiger partial charge on any atom is -0.387 e. The second kappa shape index (κ2) is 37.8. The summed E-state index contributed by atoms with van der Waals surface area (Å²) in [6.07, 6.45) is 46.3. The first-order chi connectivity index (χ1) is 24.3. The first-order valence-electron chi connectivity index (χ1n) is 21.9. The molecule has 0 heterocycles. The molecular formula is C43H85NO5S. The second-order valence-corrected chi connectivity index (χ2v) is 16.8. The Hall–Kier alpha value is -0.920. The van der Waals surface area contributed by atoms with E-state index in [4.69, 9.17) is 0 Å². The highest BCUT2D eigenvalue weighted by Gasteiger charge is 2.24. The molecule has 50 heavy (non-hydrogen) atoms. The third-order valence-corrected chi connectivity index (χ3v) is 11.0. The fourth-order valence-electron chi connectivity index (χ4n) is 6.92. The third kappa shape index (κ3) is 38.3. The summed E-state index contributed by atoms with van der Waals surface area (Å²) < 4.78 is 32.5. The zero-order chi connectivity index (χ0) is 36.8. The summed E-state index contributed by atoms with van der Waals surface area (Å²) in [5.74, 6) is -0.966. The highest BCUT2D eigenvalue weighted by Crippen LogP contribution is 2.16. The SMILES string of the molecule is CCCCCCCCCCCCCC/C=C/C(O)C(CS(=O)(=O)O)NC(=O)CCCCCCCCCCCCCCCCCCCCCCC. The summed E-state index contributed by atoms with van der Waals surface area (Å²) in [5, 5.41) is 13.2. The predicted molar refractivity (Wildman–Crippen MR) is 216 cm³/mol. The number of rotatable bonds is 40. The summed E-state index contributed by atoms with van der Waals surface area (Å²) in [7, 11) is -4.34. The highest BCUT2D eigenvalue weighted by molar-refractivity contribution is 7.85. The van der Waals surface area contributed by atoms with Crippen LogP contribution in [0.5, 0.6) is 0 Å². The molecule has 0 saturated heterocycles. The Morgan fingerprint density at radius 2 is 0.820 bits per heavy atom. The van der Waals surface area contributed by atoms with Crippen LogP contribution in [-0.4, -0.2) is 41.9 Å². The van der Waals surface area contributed by atoms with E-state index in [-0.39, 0.29) is 5.91 Å². The van der Waals surface area contributed by atoms with Crippen molar-refractivity contribution < 1.29 is 22.9 Å². The van der Waals surface area contributed by atoms with Gasteiger partial charge >= 0.3 is 0 Å². The van der Waals surface area contributed by atoms with Crippen molar-refractivity contribution in [2.45, 2.75) is 251 Å². The van der Waals surface area contributed by atoms with Gasteiger partial charge in [0.15, 0.2) is 0 Å². The molecule has 0 fully saturated rings. The Labute approximate surface area is 312 Å². The predicted octanol–water partition coefficient (Wildman–Crippen LogP) is 13.0. The van der Waals surface area contributed by atoms with Crippen LogP contribution in [0.25, 0.3) is 0 Å². The molecule has 1 amide bonds. The van der Waals surface area contributed by atoms with Gasteiger partial charge in [-0.2, -0.15) is 8.42 Å². The number of amides is 1. The molecule has 0 aliphatic carbocycles. The van der Waals surface area contributed by atoms with Gasteiger partial charge in [0.25, 0.3) is 10.1 Å². The molecule has 2 atom stereocenters. The Morgan fingerprint density at radius 3 is 1.14 bits per heavy atom. The van der Waals surface area contributed by atoms with E-state index >= 15 is 0 Å². The number of nitrogens with one attached hydrogen (secondary N) is 1. The van der Waals surface area contributed by atoms with Crippen molar-refractivity contribution in [1.82, 2.24) is 5.32 Å². The maximum Gasteiger partial charge on any atom is 0.267 e. The molecule has 3 N–H and O–H groups in total. The van der Waals surface area contributed by atoms with E-state index in [1.165, 1.54) is 180 Å². The zero-order valence-electron chi connectivity index (χ0n) is 33.3. The molecule has 0 radical (unpaired) electrons. The van der Waals surface area contributed by atoms with Gasteiger partial charge in [-0.15, -0.1) is 0 Å². The Morgan fingerprint density at radius 1 is 0.520 bits per heavy atom. The Balaban J connectivity index is 3.81. The summed E-state index contributed by atoms with van der Waals surface area (Å²) >= 11 is 0. The molecule has 2 unspecified atom stereocenters. The molecule has 0 aromatic rings. The Kier molecular flexibility index (Phi) is 37.1. The van der Waals surface area contributed by atoms with Gasteiger partial charge in [0.1, 0.15) is 0 Å². The second-order valence-electron chi connectivity index (χ2n) is 15.3. The van der Waals surface area contributed by atoms with Crippen molar-refractivity contribution >= 4 is 16.0 Å². The van der Waals surface area contributed by atoms with Gasteiger partial charge in [0.05, 0.1) is 17.9 Å². The number of hydrogen-bond donors (Lipinski definition) is 3. The quantitative estimate of drug-likeness (QED) is 0.0331.